The van der Waals surface area contributed by atoms with Gasteiger partial charge in [-0.15, -0.1) is 0 Å². The van der Waals surface area contributed by atoms with Gasteiger partial charge in [-0.25, -0.2) is 4.98 Å². The third-order valence-electron chi connectivity index (χ3n) is 5.39. The minimum absolute atomic E-state index is 0.676. The largest absolute Gasteiger partial charge is 0.497 e. The molecule has 0 aliphatic rings. The molecule has 6 heteroatoms. The Kier molecular flexibility index (Phi) is 5.31. The van der Waals surface area contributed by atoms with Crippen LogP contribution in [0.15, 0.2) is 42.6 Å². The average molecular weight is 403 g/mol. The Morgan fingerprint density at radius 3 is 2.27 bits per heavy atom. The lowest BCUT2D eigenvalue weighted by atomic mass is 9.98. The van der Waals surface area contributed by atoms with Gasteiger partial charge in [0.2, 0.25) is 0 Å². The molecule has 2 aromatic carbocycles. The summed E-state index contributed by atoms with van der Waals surface area (Å²) in [4.78, 5) is 9.41. The van der Waals surface area contributed by atoms with Crippen LogP contribution >= 0.6 is 0 Å². The van der Waals surface area contributed by atoms with Crippen LogP contribution in [0.2, 0.25) is 0 Å². The zero-order valence-electron chi connectivity index (χ0n) is 17.9. The molecule has 154 valence electrons. The van der Waals surface area contributed by atoms with Gasteiger partial charge >= 0.3 is 0 Å². The van der Waals surface area contributed by atoms with E-state index in [1.165, 1.54) is 0 Å². The summed E-state index contributed by atoms with van der Waals surface area (Å²) in [6.07, 6.45) is 2.61. The van der Waals surface area contributed by atoms with E-state index in [0.29, 0.717) is 17.9 Å². The third-order valence-corrected chi connectivity index (χ3v) is 5.39. The van der Waals surface area contributed by atoms with Crippen LogP contribution in [-0.4, -0.2) is 38.3 Å². The lowest BCUT2D eigenvalue weighted by Gasteiger charge is -2.15. The van der Waals surface area contributed by atoms with E-state index in [1.807, 2.05) is 50.5 Å². The van der Waals surface area contributed by atoms with Gasteiger partial charge in [-0.05, 0) is 59.8 Å². The standard InChI is InChI=1S/C24H25N3O3/c1-14-19-11-22(29-4)23(30-5)12-20(19)17(13-26-14)9-16-8-15-10-18(28-3)6-7-21(15)27-24(16)25-2/h6-8,10-13H,9H2,1-5H3,(H,25,27). The molecule has 0 spiro atoms. The molecule has 0 aliphatic carbocycles. The molecule has 0 saturated heterocycles. The number of pyridine rings is 2. The molecule has 2 aromatic heterocycles. The van der Waals surface area contributed by atoms with E-state index in [4.69, 9.17) is 19.2 Å². The van der Waals surface area contributed by atoms with Gasteiger partial charge in [0.05, 0.1) is 26.8 Å². The van der Waals surface area contributed by atoms with E-state index in [1.54, 1.807) is 21.3 Å². The third kappa shape index (κ3) is 3.45. The van der Waals surface area contributed by atoms with E-state index in [0.717, 1.165) is 50.1 Å². The van der Waals surface area contributed by atoms with Crippen molar-refractivity contribution in [1.82, 2.24) is 9.97 Å². The van der Waals surface area contributed by atoms with Crippen LogP contribution in [0, 0.1) is 6.92 Å². The van der Waals surface area contributed by atoms with Gasteiger partial charge in [0.1, 0.15) is 11.6 Å². The average Bonchev–Trinajstić information content (AvgIpc) is 2.79. The van der Waals surface area contributed by atoms with Crippen molar-refractivity contribution < 1.29 is 14.2 Å². The van der Waals surface area contributed by atoms with E-state index >= 15 is 0 Å². The number of nitrogens with zero attached hydrogens (tertiary/aromatic N) is 2. The number of aromatic nitrogens is 2. The Morgan fingerprint density at radius 2 is 1.60 bits per heavy atom. The molecule has 6 nitrogen and oxygen atoms in total. The highest BCUT2D eigenvalue weighted by Gasteiger charge is 2.14. The number of hydrogen-bond acceptors (Lipinski definition) is 6. The Hall–Kier alpha value is -3.54. The maximum atomic E-state index is 5.53. The Bertz CT molecular complexity index is 1240. The quantitative estimate of drug-likeness (QED) is 0.501. The first-order chi connectivity index (χ1) is 14.6. The summed E-state index contributed by atoms with van der Waals surface area (Å²) in [5.74, 6) is 3.06. The molecule has 0 saturated carbocycles. The van der Waals surface area contributed by atoms with E-state index in [9.17, 15) is 0 Å². The zero-order valence-corrected chi connectivity index (χ0v) is 17.9. The number of benzene rings is 2. The molecule has 0 radical (unpaired) electrons. The van der Waals surface area contributed by atoms with Crippen molar-refractivity contribution in [3.63, 3.8) is 0 Å². The Morgan fingerprint density at radius 1 is 0.867 bits per heavy atom. The molecular weight excluding hydrogens is 378 g/mol. The molecular formula is C24H25N3O3. The SMILES string of the molecule is CNc1nc2ccc(OC)cc2cc1Cc1cnc(C)c2cc(OC)c(OC)cc12. The summed E-state index contributed by atoms with van der Waals surface area (Å²) in [6.45, 7) is 2.00. The second kappa shape index (κ2) is 8.06. The number of aryl methyl sites for hydroxylation is 1. The fourth-order valence-corrected chi connectivity index (χ4v) is 3.78. The van der Waals surface area contributed by atoms with Crippen molar-refractivity contribution in [3.8, 4) is 17.2 Å². The van der Waals surface area contributed by atoms with Crippen LogP contribution in [0.3, 0.4) is 0 Å². The highest BCUT2D eigenvalue weighted by molar-refractivity contribution is 5.91. The first-order valence-corrected chi connectivity index (χ1v) is 9.73. The van der Waals surface area contributed by atoms with Gasteiger partial charge in [0, 0.05) is 36.1 Å². The molecule has 1 N–H and O–H groups in total. The van der Waals surface area contributed by atoms with E-state index < -0.39 is 0 Å². The van der Waals surface area contributed by atoms with Gasteiger partial charge in [0.15, 0.2) is 11.5 Å². The molecule has 4 rings (SSSR count). The minimum atomic E-state index is 0.676. The molecule has 4 aromatic rings. The number of ether oxygens (including phenoxy) is 3. The Balaban J connectivity index is 1.87. The highest BCUT2D eigenvalue weighted by Crippen LogP contribution is 2.36. The van der Waals surface area contributed by atoms with Crippen molar-refractivity contribution in [1.29, 1.82) is 0 Å². The molecule has 0 aliphatic heterocycles. The van der Waals surface area contributed by atoms with Crippen molar-refractivity contribution in [2.45, 2.75) is 13.3 Å². The van der Waals surface area contributed by atoms with Gasteiger partial charge < -0.3 is 19.5 Å². The molecule has 30 heavy (non-hydrogen) atoms. The zero-order chi connectivity index (χ0) is 21.3. The summed E-state index contributed by atoms with van der Waals surface area (Å²) in [5.41, 5.74) is 4.05. The van der Waals surface area contributed by atoms with Gasteiger partial charge in [-0.1, -0.05) is 0 Å². The summed E-state index contributed by atoms with van der Waals surface area (Å²) in [7, 11) is 6.85. The first-order valence-electron chi connectivity index (χ1n) is 9.73. The maximum Gasteiger partial charge on any atom is 0.161 e. The highest BCUT2D eigenvalue weighted by atomic mass is 16.5. The van der Waals surface area contributed by atoms with Gasteiger partial charge in [0.25, 0.3) is 0 Å². The number of hydrogen-bond donors (Lipinski definition) is 1. The molecule has 0 fully saturated rings. The molecule has 0 atom stereocenters. The van der Waals surface area contributed by atoms with Crippen LogP contribution in [0.5, 0.6) is 17.2 Å². The van der Waals surface area contributed by atoms with Gasteiger partial charge in [-0.3, -0.25) is 4.98 Å². The maximum absolute atomic E-state index is 5.53. The number of fused-ring (bicyclic) bond motifs is 2. The summed E-state index contributed by atoms with van der Waals surface area (Å²) in [6, 6.07) is 12.1. The minimum Gasteiger partial charge on any atom is -0.497 e. The number of rotatable bonds is 6. The lowest BCUT2D eigenvalue weighted by molar-refractivity contribution is 0.356. The Labute approximate surface area is 175 Å². The molecule has 0 bridgehead atoms. The predicted octanol–water partition coefficient (Wildman–Crippen LogP) is 4.75. The molecule has 0 amide bonds. The van der Waals surface area contributed by atoms with Crippen LogP contribution in [0.4, 0.5) is 5.82 Å². The first kappa shape index (κ1) is 19.8. The van der Waals surface area contributed by atoms with Crippen molar-refractivity contribution in [2.24, 2.45) is 0 Å². The smallest absolute Gasteiger partial charge is 0.161 e. The van der Waals surface area contributed by atoms with Crippen LogP contribution in [-0.2, 0) is 6.42 Å². The van der Waals surface area contributed by atoms with Crippen molar-refractivity contribution in [2.75, 3.05) is 33.7 Å². The summed E-state index contributed by atoms with van der Waals surface area (Å²) >= 11 is 0. The fraction of sp³-hybridized carbons (Fsp3) is 0.250. The van der Waals surface area contributed by atoms with E-state index in [2.05, 4.69) is 16.4 Å². The molecule has 2 heterocycles. The van der Waals surface area contributed by atoms with Gasteiger partial charge in [-0.2, -0.15) is 0 Å². The summed E-state index contributed by atoms with van der Waals surface area (Å²) in [5, 5.41) is 6.40. The predicted molar refractivity (Wildman–Crippen MR) is 120 cm³/mol. The van der Waals surface area contributed by atoms with Crippen LogP contribution < -0.4 is 19.5 Å². The topological polar surface area (TPSA) is 65.5 Å². The fourth-order valence-electron chi connectivity index (χ4n) is 3.78. The normalized spacial score (nSPS) is 11.0. The molecule has 0 unspecified atom stereocenters. The second-order valence-electron chi connectivity index (χ2n) is 7.10. The lowest BCUT2D eigenvalue weighted by Crippen LogP contribution is -2.02. The number of methoxy groups -OCH3 is 3. The van der Waals surface area contributed by atoms with Crippen molar-refractivity contribution >= 4 is 27.5 Å². The number of nitrogens with one attached hydrogen (secondary N) is 1. The van der Waals surface area contributed by atoms with Crippen molar-refractivity contribution in [3.05, 3.63) is 59.4 Å². The second-order valence-corrected chi connectivity index (χ2v) is 7.10. The van der Waals surface area contributed by atoms with E-state index in [-0.39, 0.29) is 0 Å². The monoisotopic (exact) mass is 403 g/mol. The van der Waals surface area contributed by atoms with Crippen LogP contribution in [0.1, 0.15) is 16.8 Å². The number of anilines is 1. The van der Waals surface area contributed by atoms with Crippen LogP contribution in [0.25, 0.3) is 21.7 Å². The summed E-state index contributed by atoms with van der Waals surface area (Å²) < 4.78 is 16.4.